The highest BCUT2D eigenvalue weighted by Gasteiger charge is 2.22. The molecule has 4 rings (SSSR count). The second-order valence-electron chi connectivity index (χ2n) is 10.4. The van der Waals surface area contributed by atoms with Crippen LogP contribution in [-0.2, 0) is 23.5 Å². The summed E-state index contributed by atoms with van der Waals surface area (Å²) in [5.74, 6) is 1.20. The number of nitrogens with one attached hydrogen (secondary N) is 1. The van der Waals surface area contributed by atoms with Gasteiger partial charge in [0.1, 0.15) is 17.4 Å². The fourth-order valence-corrected chi connectivity index (χ4v) is 5.86. The molecule has 2 N–H and O–H groups in total. The number of carbonyl (C=O) groups excluding carboxylic acids is 1. The number of hydrogen-bond donors (Lipinski definition) is 2. The Hall–Kier alpha value is -3.69. The summed E-state index contributed by atoms with van der Waals surface area (Å²) < 4.78 is 21.2. The lowest BCUT2D eigenvalue weighted by molar-refractivity contribution is 0.0950. The van der Waals surface area contributed by atoms with Crippen molar-refractivity contribution in [2.45, 2.75) is 62.4 Å². The minimum atomic E-state index is -0.288. The first-order chi connectivity index (χ1) is 20.4. The van der Waals surface area contributed by atoms with E-state index in [1.165, 1.54) is 29.3 Å². The number of unbranched alkanes of at least 4 members (excludes halogenated alkanes) is 1. The third-order valence-corrected chi connectivity index (χ3v) is 8.14. The molecule has 1 unspecified atom stereocenters. The number of benzene rings is 3. The molecule has 0 saturated heterocycles. The molecular weight excluding hydrogens is 551 g/mol. The van der Waals surface area contributed by atoms with Gasteiger partial charge in [-0.2, -0.15) is 0 Å². The van der Waals surface area contributed by atoms with Crippen molar-refractivity contribution in [3.63, 3.8) is 0 Å². The van der Waals surface area contributed by atoms with Crippen molar-refractivity contribution in [1.29, 1.82) is 0 Å². The molecule has 3 aromatic carbocycles. The van der Waals surface area contributed by atoms with Crippen LogP contribution in [0.1, 0.15) is 64.5 Å². The van der Waals surface area contributed by atoms with Crippen molar-refractivity contribution < 1.29 is 19.0 Å². The SMILES string of the molecule is COCCCn1c(SCc2cccc(C)c2)nnc1C(CCCCNC(=O)c1ccccc1O)Cc1ccc(F)cc1. The van der Waals surface area contributed by atoms with Crippen molar-refractivity contribution in [2.75, 3.05) is 20.3 Å². The molecule has 42 heavy (non-hydrogen) atoms. The van der Waals surface area contributed by atoms with Gasteiger partial charge in [0.15, 0.2) is 5.16 Å². The molecule has 1 aromatic heterocycles. The highest BCUT2D eigenvalue weighted by atomic mass is 32.2. The van der Waals surface area contributed by atoms with Crippen molar-refractivity contribution in [1.82, 2.24) is 20.1 Å². The predicted molar refractivity (Wildman–Crippen MR) is 164 cm³/mol. The zero-order valence-corrected chi connectivity index (χ0v) is 25.1. The normalized spacial score (nSPS) is 11.9. The molecule has 0 fully saturated rings. The van der Waals surface area contributed by atoms with Gasteiger partial charge in [0.05, 0.1) is 5.56 Å². The molecule has 0 saturated carbocycles. The molecule has 1 amide bonds. The van der Waals surface area contributed by atoms with Crippen LogP contribution in [0.3, 0.4) is 0 Å². The summed E-state index contributed by atoms with van der Waals surface area (Å²) in [6.45, 7) is 3.97. The van der Waals surface area contributed by atoms with E-state index in [2.05, 4.69) is 46.2 Å². The Morgan fingerprint density at radius 1 is 1.02 bits per heavy atom. The van der Waals surface area contributed by atoms with Crippen LogP contribution in [0.4, 0.5) is 4.39 Å². The Morgan fingerprint density at radius 2 is 1.83 bits per heavy atom. The van der Waals surface area contributed by atoms with Gasteiger partial charge in [-0.05, 0) is 68.0 Å². The van der Waals surface area contributed by atoms with E-state index in [0.29, 0.717) is 19.6 Å². The lowest BCUT2D eigenvalue weighted by Crippen LogP contribution is -2.24. The van der Waals surface area contributed by atoms with Crippen LogP contribution < -0.4 is 5.32 Å². The van der Waals surface area contributed by atoms with Crippen LogP contribution in [0.25, 0.3) is 0 Å². The van der Waals surface area contributed by atoms with Gasteiger partial charge < -0.3 is 19.7 Å². The largest absolute Gasteiger partial charge is 0.507 e. The number of thioether (sulfide) groups is 1. The summed E-state index contributed by atoms with van der Waals surface area (Å²) >= 11 is 1.68. The van der Waals surface area contributed by atoms with Gasteiger partial charge in [0.2, 0.25) is 0 Å². The molecule has 4 aromatic rings. The Bertz CT molecular complexity index is 1430. The summed E-state index contributed by atoms with van der Waals surface area (Å²) in [6.07, 6.45) is 3.99. The van der Waals surface area contributed by atoms with Crippen LogP contribution in [0.2, 0.25) is 0 Å². The van der Waals surface area contributed by atoms with E-state index in [4.69, 9.17) is 9.84 Å². The first-order valence-electron chi connectivity index (χ1n) is 14.4. The van der Waals surface area contributed by atoms with Crippen LogP contribution in [0, 0.1) is 12.7 Å². The van der Waals surface area contributed by atoms with Gasteiger partial charge in [-0.15, -0.1) is 10.2 Å². The number of methoxy groups -OCH3 is 1. The van der Waals surface area contributed by atoms with E-state index >= 15 is 0 Å². The first kappa shape index (κ1) is 31.3. The number of amides is 1. The molecule has 7 nitrogen and oxygen atoms in total. The van der Waals surface area contributed by atoms with Crippen molar-refractivity contribution >= 4 is 17.7 Å². The minimum Gasteiger partial charge on any atom is -0.507 e. The molecule has 0 spiro atoms. The number of rotatable bonds is 16. The van der Waals surface area contributed by atoms with Crippen LogP contribution in [0.15, 0.2) is 78.0 Å². The maximum absolute atomic E-state index is 13.6. The maximum Gasteiger partial charge on any atom is 0.255 e. The molecular formula is C33H39FN4O3S. The molecule has 1 heterocycles. The van der Waals surface area contributed by atoms with E-state index in [0.717, 1.165) is 54.5 Å². The molecule has 0 bridgehead atoms. The molecule has 0 radical (unpaired) electrons. The summed E-state index contributed by atoms with van der Waals surface area (Å²) in [4.78, 5) is 12.5. The number of nitrogens with zero attached hydrogens (tertiary/aromatic N) is 3. The zero-order chi connectivity index (χ0) is 29.7. The van der Waals surface area contributed by atoms with E-state index in [1.54, 1.807) is 37.1 Å². The van der Waals surface area contributed by atoms with E-state index in [-0.39, 0.29) is 29.0 Å². The second kappa shape index (κ2) is 16.1. The molecule has 0 aliphatic rings. The summed E-state index contributed by atoms with van der Waals surface area (Å²) in [5.41, 5.74) is 3.77. The number of ether oxygens (including phenoxy) is 1. The summed E-state index contributed by atoms with van der Waals surface area (Å²) in [5, 5.41) is 23.0. The van der Waals surface area contributed by atoms with Gasteiger partial charge in [-0.25, -0.2) is 4.39 Å². The van der Waals surface area contributed by atoms with Gasteiger partial charge in [-0.3, -0.25) is 4.79 Å². The van der Waals surface area contributed by atoms with Crippen LogP contribution in [-0.4, -0.2) is 46.0 Å². The number of phenolic OH excluding ortho intramolecular Hbond substituents is 1. The van der Waals surface area contributed by atoms with Gasteiger partial charge >= 0.3 is 0 Å². The highest BCUT2D eigenvalue weighted by molar-refractivity contribution is 7.98. The Morgan fingerprint density at radius 3 is 2.60 bits per heavy atom. The van der Waals surface area contributed by atoms with Gasteiger partial charge in [-0.1, -0.05) is 72.3 Å². The molecule has 0 aliphatic heterocycles. The molecule has 222 valence electrons. The van der Waals surface area contributed by atoms with E-state index in [1.807, 2.05) is 12.1 Å². The van der Waals surface area contributed by atoms with Gasteiger partial charge in [0.25, 0.3) is 5.91 Å². The third kappa shape index (κ3) is 9.16. The number of para-hydroxylation sites is 1. The summed E-state index contributed by atoms with van der Waals surface area (Å²) in [6, 6.07) is 21.7. The number of halogens is 1. The second-order valence-corrected chi connectivity index (χ2v) is 11.4. The minimum absolute atomic E-state index is 0.0294. The molecule has 0 aliphatic carbocycles. The quantitative estimate of drug-likeness (QED) is 0.112. The highest BCUT2D eigenvalue weighted by Crippen LogP contribution is 2.30. The number of aryl methyl sites for hydroxylation is 1. The molecule has 1 atom stereocenters. The zero-order valence-electron chi connectivity index (χ0n) is 24.3. The Balaban J connectivity index is 1.47. The Labute approximate surface area is 251 Å². The number of carbonyl (C=O) groups is 1. The van der Waals surface area contributed by atoms with Crippen molar-refractivity contribution in [2.24, 2.45) is 0 Å². The maximum atomic E-state index is 13.6. The predicted octanol–water partition coefficient (Wildman–Crippen LogP) is 6.69. The smallest absolute Gasteiger partial charge is 0.255 e. The average molecular weight is 591 g/mol. The van der Waals surface area contributed by atoms with Crippen molar-refractivity contribution in [3.05, 3.63) is 107 Å². The molecule has 9 heteroatoms. The van der Waals surface area contributed by atoms with E-state index in [9.17, 15) is 14.3 Å². The number of hydrogen-bond acceptors (Lipinski definition) is 6. The lowest BCUT2D eigenvalue weighted by Gasteiger charge is -2.19. The van der Waals surface area contributed by atoms with Gasteiger partial charge in [0, 0.05) is 38.5 Å². The fourth-order valence-electron chi connectivity index (χ4n) is 4.94. The van der Waals surface area contributed by atoms with Crippen molar-refractivity contribution in [3.8, 4) is 5.75 Å². The standard InChI is InChI=1S/C33H39FN4O3S/c1-24-9-7-10-26(21-24)23-42-33-37-36-31(38(33)19-8-20-41-2)27(22-25-14-16-28(34)17-15-25)11-5-6-18-35-32(40)29-12-3-4-13-30(29)39/h3-4,7,9-10,12-17,21,27,39H,5-6,8,11,18-20,22-23H2,1-2H3,(H,35,40). The number of aromatic hydroxyl groups is 1. The van der Waals surface area contributed by atoms with Crippen LogP contribution >= 0.6 is 11.8 Å². The number of phenols is 1. The van der Waals surface area contributed by atoms with Crippen LogP contribution in [0.5, 0.6) is 5.75 Å². The van der Waals surface area contributed by atoms with E-state index < -0.39 is 0 Å². The third-order valence-electron chi connectivity index (χ3n) is 7.10. The number of aromatic nitrogens is 3. The Kier molecular flexibility index (Phi) is 12.0. The average Bonchev–Trinajstić information content (AvgIpc) is 3.39. The first-order valence-corrected chi connectivity index (χ1v) is 15.3. The lowest BCUT2D eigenvalue weighted by atomic mass is 9.93. The monoisotopic (exact) mass is 590 g/mol. The fraction of sp³-hybridized carbons (Fsp3) is 0.364. The summed E-state index contributed by atoms with van der Waals surface area (Å²) in [7, 11) is 1.70. The topological polar surface area (TPSA) is 89.3 Å².